The van der Waals surface area contributed by atoms with Crippen LogP contribution < -0.4 is 11.1 Å². The molecule has 3 heteroatoms. The third-order valence-electron chi connectivity index (χ3n) is 1.70. The molecule has 0 spiro atoms. The van der Waals surface area contributed by atoms with Gasteiger partial charge in [0, 0.05) is 6.04 Å². The molecule has 0 unspecified atom stereocenters. The average Bonchev–Trinajstić information content (AvgIpc) is 2.40. The molecule has 0 aromatic rings. The summed E-state index contributed by atoms with van der Waals surface area (Å²) in [6, 6.07) is -0.128. The third kappa shape index (κ3) is 1.91. The van der Waals surface area contributed by atoms with Crippen molar-refractivity contribution in [1.29, 1.82) is 0 Å². The van der Waals surface area contributed by atoms with E-state index in [1.807, 2.05) is 6.92 Å². The molecule has 0 radical (unpaired) electrons. The molecule has 1 atom stereocenters. The SMILES string of the molecule is C[C@H](NC(N)=O)C1CC1. The van der Waals surface area contributed by atoms with Gasteiger partial charge in [0.05, 0.1) is 0 Å². The molecule has 1 fully saturated rings. The van der Waals surface area contributed by atoms with Crippen LogP contribution in [0.2, 0.25) is 0 Å². The summed E-state index contributed by atoms with van der Waals surface area (Å²) in [6.45, 7) is 1.99. The molecule has 0 aromatic heterocycles. The van der Waals surface area contributed by atoms with Gasteiger partial charge < -0.3 is 11.1 Å². The van der Waals surface area contributed by atoms with Crippen LogP contribution in [0.3, 0.4) is 0 Å². The smallest absolute Gasteiger partial charge is 0.312 e. The fourth-order valence-electron chi connectivity index (χ4n) is 0.938. The van der Waals surface area contributed by atoms with Crippen LogP contribution in [0.1, 0.15) is 19.8 Å². The maximum Gasteiger partial charge on any atom is 0.312 e. The minimum absolute atomic E-state index is 0.280. The van der Waals surface area contributed by atoms with Crippen molar-refractivity contribution in [2.75, 3.05) is 0 Å². The molecule has 1 aliphatic carbocycles. The van der Waals surface area contributed by atoms with Gasteiger partial charge in [-0.1, -0.05) is 0 Å². The molecule has 0 heterocycles. The molecule has 0 saturated heterocycles. The van der Waals surface area contributed by atoms with Crippen LogP contribution in [0.4, 0.5) is 4.79 Å². The quantitative estimate of drug-likeness (QED) is 0.557. The summed E-state index contributed by atoms with van der Waals surface area (Å²) in [5, 5.41) is 2.64. The minimum Gasteiger partial charge on any atom is -0.352 e. The summed E-state index contributed by atoms with van der Waals surface area (Å²) in [5.74, 6) is 0.692. The first-order chi connectivity index (χ1) is 4.20. The van der Waals surface area contributed by atoms with Crippen LogP contribution >= 0.6 is 0 Å². The number of carbonyl (C=O) groups is 1. The number of hydrogen-bond donors (Lipinski definition) is 2. The van der Waals surface area contributed by atoms with E-state index in [0.717, 1.165) is 0 Å². The molecule has 9 heavy (non-hydrogen) atoms. The first-order valence-corrected chi connectivity index (χ1v) is 3.26. The summed E-state index contributed by atoms with van der Waals surface area (Å²) >= 11 is 0. The van der Waals surface area contributed by atoms with Gasteiger partial charge in [-0.05, 0) is 25.7 Å². The second-order valence-corrected chi connectivity index (χ2v) is 2.63. The van der Waals surface area contributed by atoms with Gasteiger partial charge in [-0.15, -0.1) is 0 Å². The Hall–Kier alpha value is -0.730. The van der Waals surface area contributed by atoms with E-state index in [9.17, 15) is 4.79 Å². The number of primary amides is 1. The van der Waals surface area contributed by atoms with Crippen molar-refractivity contribution in [1.82, 2.24) is 5.32 Å². The molecule has 52 valence electrons. The van der Waals surface area contributed by atoms with E-state index in [-0.39, 0.29) is 6.04 Å². The van der Waals surface area contributed by atoms with Crippen molar-refractivity contribution in [3.8, 4) is 0 Å². The van der Waals surface area contributed by atoms with Crippen LogP contribution in [0, 0.1) is 5.92 Å². The molecule has 1 saturated carbocycles. The van der Waals surface area contributed by atoms with Gasteiger partial charge in [0.25, 0.3) is 0 Å². The second-order valence-electron chi connectivity index (χ2n) is 2.63. The van der Waals surface area contributed by atoms with Crippen LogP contribution in [0.15, 0.2) is 0 Å². The van der Waals surface area contributed by atoms with Crippen molar-refractivity contribution >= 4 is 6.03 Å². The van der Waals surface area contributed by atoms with E-state index in [1.165, 1.54) is 12.8 Å². The van der Waals surface area contributed by atoms with Gasteiger partial charge in [0.2, 0.25) is 0 Å². The van der Waals surface area contributed by atoms with Gasteiger partial charge >= 0.3 is 6.03 Å². The number of nitrogens with two attached hydrogens (primary N) is 1. The van der Waals surface area contributed by atoms with E-state index in [4.69, 9.17) is 5.73 Å². The highest BCUT2D eigenvalue weighted by Gasteiger charge is 2.28. The van der Waals surface area contributed by atoms with Gasteiger partial charge in [0.15, 0.2) is 0 Å². The van der Waals surface area contributed by atoms with Crippen molar-refractivity contribution in [2.24, 2.45) is 11.7 Å². The lowest BCUT2D eigenvalue weighted by atomic mass is 10.2. The zero-order valence-electron chi connectivity index (χ0n) is 5.55. The Bertz CT molecular complexity index is 120. The van der Waals surface area contributed by atoms with Crippen LogP contribution in [0.5, 0.6) is 0 Å². The maximum atomic E-state index is 10.3. The molecule has 1 aliphatic rings. The third-order valence-corrected chi connectivity index (χ3v) is 1.70. The molecule has 3 N–H and O–H groups in total. The molecule has 1 rings (SSSR count). The lowest BCUT2D eigenvalue weighted by Crippen LogP contribution is -2.37. The van der Waals surface area contributed by atoms with E-state index in [0.29, 0.717) is 5.92 Å². The van der Waals surface area contributed by atoms with E-state index >= 15 is 0 Å². The highest BCUT2D eigenvalue weighted by atomic mass is 16.2. The fraction of sp³-hybridized carbons (Fsp3) is 0.833. The van der Waals surface area contributed by atoms with E-state index in [2.05, 4.69) is 5.32 Å². The summed E-state index contributed by atoms with van der Waals surface area (Å²) in [4.78, 5) is 10.3. The highest BCUT2D eigenvalue weighted by Crippen LogP contribution is 2.32. The zero-order chi connectivity index (χ0) is 6.85. The number of carbonyl (C=O) groups excluding carboxylic acids is 1. The standard InChI is InChI=1S/C6H12N2O/c1-4(5-2-3-5)8-6(7)9/h4-5H,2-3H2,1H3,(H3,7,8,9)/t4-/m0/s1. The van der Waals surface area contributed by atoms with Crippen molar-refractivity contribution < 1.29 is 4.79 Å². The minimum atomic E-state index is -0.408. The van der Waals surface area contributed by atoms with Crippen molar-refractivity contribution in [2.45, 2.75) is 25.8 Å². The van der Waals surface area contributed by atoms with Gasteiger partial charge in [0.1, 0.15) is 0 Å². The molecule has 0 aliphatic heterocycles. The van der Waals surface area contributed by atoms with E-state index in [1.54, 1.807) is 0 Å². The predicted octanol–water partition coefficient (Wildman–Crippen LogP) is 0.453. The number of amides is 2. The molecular formula is C6H12N2O. The number of rotatable bonds is 2. The Labute approximate surface area is 54.6 Å². The topological polar surface area (TPSA) is 55.1 Å². The Morgan fingerprint density at radius 2 is 2.33 bits per heavy atom. The van der Waals surface area contributed by atoms with Gasteiger partial charge in [-0.2, -0.15) is 0 Å². The first-order valence-electron chi connectivity index (χ1n) is 3.26. The van der Waals surface area contributed by atoms with Crippen molar-refractivity contribution in [3.63, 3.8) is 0 Å². The van der Waals surface area contributed by atoms with Crippen LogP contribution in [-0.4, -0.2) is 12.1 Å². The lowest BCUT2D eigenvalue weighted by molar-refractivity contribution is 0.244. The van der Waals surface area contributed by atoms with Gasteiger partial charge in [-0.3, -0.25) is 0 Å². The van der Waals surface area contributed by atoms with Crippen LogP contribution in [0.25, 0.3) is 0 Å². The van der Waals surface area contributed by atoms with Crippen molar-refractivity contribution in [3.05, 3.63) is 0 Å². The normalized spacial score (nSPS) is 21.0. The zero-order valence-corrected chi connectivity index (χ0v) is 5.55. The Kier molecular flexibility index (Phi) is 1.60. The lowest BCUT2D eigenvalue weighted by Gasteiger charge is -2.08. The molecular weight excluding hydrogens is 116 g/mol. The Morgan fingerprint density at radius 3 is 2.67 bits per heavy atom. The predicted molar refractivity (Wildman–Crippen MR) is 34.9 cm³/mol. The molecule has 0 bridgehead atoms. The summed E-state index contributed by atoms with van der Waals surface area (Å²) < 4.78 is 0. The average molecular weight is 128 g/mol. The van der Waals surface area contributed by atoms with E-state index < -0.39 is 6.03 Å². The monoisotopic (exact) mass is 128 g/mol. The first kappa shape index (κ1) is 6.39. The number of nitrogens with one attached hydrogen (secondary N) is 1. The summed E-state index contributed by atoms with van der Waals surface area (Å²) in [6.07, 6.45) is 2.48. The Balaban J connectivity index is 2.17. The Morgan fingerprint density at radius 1 is 1.78 bits per heavy atom. The number of hydrogen-bond acceptors (Lipinski definition) is 1. The molecule has 0 aromatic carbocycles. The summed E-state index contributed by atoms with van der Waals surface area (Å²) in [7, 11) is 0. The maximum absolute atomic E-state index is 10.3. The fourth-order valence-corrected chi connectivity index (χ4v) is 0.938. The number of urea groups is 1. The summed E-state index contributed by atoms with van der Waals surface area (Å²) in [5.41, 5.74) is 4.91. The van der Waals surface area contributed by atoms with Gasteiger partial charge in [-0.25, -0.2) is 4.79 Å². The highest BCUT2D eigenvalue weighted by molar-refractivity contribution is 5.71. The second kappa shape index (κ2) is 2.25. The largest absolute Gasteiger partial charge is 0.352 e. The molecule has 3 nitrogen and oxygen atoms in total. The molecule has 2 amide bonds. The van der Waals surface area contributed by atoms with Crippen LogP contribution in [-0.2, 0) is 0 Å².